The number of hydrogen-bond donors (Lipinski definition) is 0. The van der Waals surface area contributed by atoms with E-state index < -0.39 is 0 Å². The molecular formula is C13H16ClN3O. The Kier molecular flexibility index (Phi) is 3.20. The number of amides is 1. The first-order chi connectivity index (χ1) is 8.75. The fourth-order valence-electron chi connectivity index (χ4n) is 3.19. The molecule has 96 valence electrons. The molecule has 1 aliphatic heterocycles. The van der Waals surface area contributed by atoms with Gasteiger partial charge in [-0.15, -0.1) is 0 Å². The van der Waals surface area contributed by atoms with E-state index in [-0.39, 0.29) is 5.91 Å². The summed E-state index contributed by atoms with van der Waals surface area (Å²) in [6, 6.07) is 0. The molecule has 2 heterocycles. The van der Waals surface area contributed by atoms with Crippen LogP contribution in [0.3, 0.4) is 0 Å². The molecule has 1 aliphatic carbocycles. The molecule has 5 heteroatoms. The number of rotatable bonds is 1. The zero-order valence-electron chi connectivity index (χ0n) is 10.2. The Hall–Kier alpha value is -1.16. The van der Waals surface area contributed by atoms with Gasteiger partial charge in [0.05, 0.1) is 5.02 Å². The first-order valence-corrected chi connectivity index (χ1v) is 6.88. The number of likely N-dealkylation sites (tertiary alicyclic amines) is 1. The molecule has 2 unspecified atom stereocenters. The van der Waals surface area contributed by atoms with Crippen molar-refractivity contribution in [1.29, 1.82) is 0 Å². The van der Waals surface area contributed by atoms with Gasteiger partial charge in [0.15, 0.2) is 0 Å². The minimum atomic E-state index is -0.0446. The minimum Gasteiger partial charge on any atom is -0.337 e. The molecule has 18 heavy (non-hydrogen) atoms. The zero-order chi connectivity index (χ0) is 12.5. The van der Waals surface area contributed by atoms with E-state index in [2.05, 4.69) is 9.97 Å². The Morgan fingerprint density at radius 3 is 2.56 bits per heavy atom. The van der Waals surface area contributed by atoms with E-state index in [1.54, 1.807) is 0 Å². The Bertz CT molecular complexity index is 451. The summed E-state index contributed by atoms with van der Waals surface area (Å²) in [4.78, 5) is 22.1. The van der Waals surface area contributed by atoms with Gasteiger partial charge in [-0.1, -0.05) is 24.4 Å². The SMILES string of the molecule is O=C(c1ncncc1Cl)N1CC2CCCCC2C1. The molecule has 0 N–H and O–H groups in total. The number of hydrogen-bond acceptors (Lipinski definition) is 3. The molecule has 3 rings (SSSR count). The third-order valence-corrected chi connectivity index (χ3v) is 4.41. The Morgan fingerprint density at radius 1 is 1.28 bits per heavy atom. The van der Waals surface area contributed by atoms with Crippen LogP contribution in [-0.4, -0.2) is 33.9 Å². The van der Waals surface area contributed by atoms with Gasteiger partial charge in [0, 0.05) is 19.3 Å². The van der Waals surface area contributed by atoms with Crippen molar-refractivity contribution in [2.75, 3.05) is 13.1 Å². The highest BCUT2D eigenvalue weighted by Gasteiger charge is 2.37. The standard InChI is InChI=1S/C13H16ClN3O/c14-11-5-15-8-16-12(11)13(18)17-6-9-3-1-2-4-10(9)7-17/h5,8-10H,1-4,6-7H2. The van der Waals surface area contributed by atoms with Crippen LogP contribution in [-0.2, 0) is 0 Å². The second-order valence-corrected chi connectivity index (χ2v) is 5.64. The van der Waals surface area contributed by atoms with Gasteiger partial charge < -0.3 is 4.90 Å². The topological polar surface area (TPSA) is 46.1 Å². The summed E-state index contributed by atoms with van der Waals surface area (Å²) < 4.78 is 0. The predicted molar refractivity (Wildman–Crippen MR) is 68.4 cm³/mol. The van der Waals surface area contributed by atoms with Crippen molar-refractivity contribution in [3.8, 4) is 0 Å². The molecular weight excluding hydrogens is 250 g/mol. The van der Waals surface area contributed by atoms with Crippen LogP contribution >= 0.6 is 11.6 Å². The molecule has 0 spiro atoms. The third-order valence-electron chi connectivity index (χ3n) is 4.13. The fraction of sp³-hybridized carbons (Fsp3) is 0.615. The van der Waals surface area contributed by atoms with Gasteiger partial charge in [-0.2, -0.15) is 0 Å². The van der Waals surface area contributed by atoms with E-state index in [4.69, 9.17) is 11.6 Å². The van der Waals surface area contributed by atoms with Crippen molar-refractivity contribution in [2.45, 2.75) is 25.7 Å². The van der Waals surface area contributed by atoms with Crippen LogP contribution in [0.1, 0.15) is 36.2 Å². The van der Waals surface area contributed by atoms with Crippen LogP contribution in [0.25, 0.3) is 0 Å². The van der Waals surface area contributed by atoms with Crippen LogP contribution in [0.4, 0.5) is 0 Å². The lowest BCUT2D eigenvalue weighted by Gasteiger charge is -2.22. The second-order valence-electron chi connectivity index (χ2n) is 5.23. The Labute approximate surface area is 111 Å². The van der Waals surface area contributed by atoms with Crippen molar-refractivity contribution in [1.82, 2.24) is 14.9 Å². The summed E-state index contributed by atoms with van der Waals surface area (Å²) in [5.41, 5.74) is 0.338. The van der Waals surface area contributed by atoms with Gasteiger partial charge in [-0.25, -0.2) is 9.97 Å². The molecule has 1 saturated carbocycles. The van der Waals surface area contributed by atoms with E-state index in [9.17, 15) is 4.79 Å². The molecule has 1 amide bonds. The van der Waals surface area contributed by atoms with Crippen molar-refractivity contribution in [3.05, 3.63) is 23.2 Å². The molecule has 0 aromatic carbocycles. The van der Waals surface area contributed by atoms with Gasteiger partial charge in [0.1, 0.15) is 12.0 Å². The normalized spacial score (nSPS) is 27.1. The molecule has 2 aliphatic rings. The third kappa shape index (κ3) is 2.09. The summed E-state index contributed by atoms with van der Waals surface area (Å²) in [5.74, 6) is 1.32. The number of halogens is 1. The first-order valence-electron chi connectivity index (χ1n) is 6.50. The summed E-state index contributed by atoms with van der Waals surface area (Å²) in [5, 5.41) is 0.345. The van der Waals surface area contributed by atoms with Crippen molar-refractivity contribution in [2.24, 2.45) is 11.8 Å². The monoisotopic (exact) mass is 265 g/mol. The average Bonchev–Trinajstić information content (AvgIpc) is 2.82. The van der Waals surface area contributed by atoms with E-state index >= 15 is 0 Å². The van der Waals surface area contributed by atoms with Gasteiger partial charge >= 0.3 is 0 Å². The van der Waals surface area contributed by atoms with Crippen LogP contribution in [0.2, 0.25) is 5.02 Å². The highest BCUT2D eigenvalue weighted by Crippen LogP contribution is 2.36. The van der Waals surface area contributed by atoms with Crippen molar-refractivity contribution < 1.29 is 4.79 Å². The molecule has 0 bridgehead atoms. The molecule has 0 radical (unpaired) electrons. The Balaban J connectivity index is 1.76. The van der Waals surface area contributed by atoms with Crippen molar-refractivity contribution >= 4 is 17.5 Å². The maximum absolute atomic E-state index is 12.4. The van der Waals surface area contributed by atoms with Crippen LogP contribution in [0.5, 0.6) is 0 Å². The quantitative estimate of drug-likeness (QED) is 0.783. The van der Waals surface area contributed by atoms with E-state index in [0.717, 1.165) is 13.1 Å². The fourth-order valence-corrected chi connectivity index (χ4v) is 3.38. The van der Waals surface area contributed by atoms with E-state index in [1.807, 2.05) is 4.90 Å². The van der Waals surface area contributed by atoms with E-state index in [1.165, 1.54) is 38.2 Å². The van der Waals surface area contributed by atoms with Crippen LogP contribution in [0.15, 0.2) is 12.5 Å². The Morgan fingerprint density at radius 2 is 1.94 bits per heavy atom. The molecule has 1 saturated heterocycles. The van der Waals surface area contributed by atoms with Crippen molar-refractivity contribution in [3.63, 3.8) is 0 Å². The summed E-state index contributed by atoms with van der Waals surface area (Å²) >= 11 is 5.98. The smallest absolute Gasteiger partial charge is 0.274 e. The number of nitrogens with zero attached hydrogens (tertiary/aromatic N) is 3. The highest BCUT2D eigenvalue weighted by molar-refractivity contribution is 6.33. The minimum absolute atomic E-state index is 0.0446. The summed E-state index contributed by atoms with van der Waals surface area (Å²) in [6.45, 7) is 1.73. The number of carbonyl (C=O) groups excluding carboxylic acids is 1. The molecule has 1 aromatic rings. The van der Waals surface area contributed by atoms with Gasteiger partial charge in [0.25, 0.3) is 5.91 Å². The molecule has 4 nitrogen and oxygen atoms in total. The second kappa shape index (κ2) is 4.84. The number of fused-ring (bicyclic) bond motifs is 1. The van der Waals surface area contributed by atoms with Gasteiger partial charge in [0.2, 0.25) is 0 Å². The van der Waals surface area contributed by atoms with Crippen LogP contribution in [0, 0.1) is 11.8 Å². The molecule has 2 atom stereocenters. The van der Waals surface area contributed by atoms with Crippen LogP contribution < -0.4 is 0 Å². The largest absolute Gasteiger partial charge is 0.337 e. The average molecular weight is 266 g/mol. The molecule has 2 fully saturated rings. The van der Waals surface area contributed by atoms with Gasteiger partial charge in [-0.05, 0) is 24.7 Å². The first kappa shape index (κ1) is 11.9. The molecule has 1 aromatic heterocycles. The highest BCUT2D eigenvalue weighted by atomic mass is 35.5. The lowest BCUT2D eigenvalue weighted by Crippen LogP contribution is -2.30. The maximum Gasteiger partial charge on any atom is 0.274 e. The number of carbonyl (C=O) groups is 1. The number of aromatic nitrogens is 2. The van der Waals surface area contributed by atoms with Gasteiger partial charge in [-0.3, -0.25) is 4.79 Å². The zero-order valence-corrected chi connectivity index (χ0v) is 10.9. The predicted octanol–water partition coefficient (Wildman–Crippen LogP) is 2.39. The maximum atomic E-state index is 12.4. The lowest BCUT2D eigenvalue weighted by molar-refractivity contribution is 0.0778. The van der Waals surface area contributed by atoms with E-state index in [0.29, 0.717) is 22.6 Å². The summed E-state index contributed by atoms with van der Waals surface area (Å²) in [7, 11) is 0. The lowest BCUT2D eigenvalue weighted by atomic mass is 9.82. The summed E-state index contributed by atoms with van der Waals surface area (Å²) in [6.07, 6.45) is 7.97.